The summed E-state index contributed by atoms with van der Waals surface area (Å²) in [4.78, 5) is 2.60. The number of anilines is 1. The minimum Gasteiger partial charge on any atom is -0.489 e. The highest BCUT2D eigenvalue weighted by Gasteiger charge is 2.32. The lowest BCUT2D eigenvalue weighted by Gasteiger charge is -2.35. The minimum atomic E-state index is -0.222. The van der Waals surface area contributed by atoms with Crippen molar-refractivity contribution in [2.24, 2.45) is 0 Å². The van der Waals surface area contributed by atoms with Gasteiger partial charge in [-0.1, -0.05) is 0 Å². The summed E-state index contributed by atoms with van der Waals surface area (Å²) in [7, 11) is 0. The molecule has 24 heavy (non-hydrogen) atoms. The standard InChI is InChI=1S/C19H27FN2O2/c20-14-5-6-19(24-13-17-4-2-10-23-17)18(11-14)21-15-7-9-22-8-1-3-16(22)12-15/h5-6,11,15-17,21H,1-4,7-10,12-13H2/t15-,16-,17-/m0/s1. The molecule has 0 unspecified atom stereocenters. The molecule has 0 aromatic heterocycles. The Labute approximate surface area is 143 Å². The molecule has 0 bridgehead atoms. The SMILES string of the molecule is Fc1ccc(OC[C@@H]2CCCO2)c(N[C@H]2CCN3CCC[C@H]3C2)c1. The lowest BCUT2D eigenvalue weighted by atomic mass is 9.97. The summed E-state index contributed by atoms with van der Waals surface area (Å²) in [6, 6.07) is 5.86. The van der Waals surface area contributed by atoms with Gasteiger partial charge in [0.2, 0.25) is 0 Å². The first kappa shape index (κ1) is 16.2. The van der Waals surface area contributed by atoms with Crippen LogP contribution in [0.2, 0.25) is 0 Å². The van der Waals surface area contributed by atoms with E-state index in [1.165, 1.54) is 25.5 Å². The van der Waals surface area contributed by atoms with Gasteiger partial charge in [0.1, 0.15) is 18.2 Å². The van der Waals surface area contributed by atoms with Gasteiger partial charge in [-0.3, -0.25) is 0 Å². The maximum absolute atomic E-state index is 13.7. The zero-order valence-corrected chi connectivity index (χ0v) is 14.2. The number of nitrogens with one attached hydrogen (secondary N) is 1. The fourth-order valence-electron chi connectivity index (χ4n) is 4.27. The van der Waals surface area contributed by atoms with Crippen LogP contribution in [-0.4, -0.2) is 49.4 Å². The summed E-state index contributed by atoms with van der Waals surface area (Å²) in [5, 5.41) is 3.55. The number of hydrogen-bond donors (Lipinski definition) is 1. The number of rotatable bonds is 5. The van der Waals surface area contributed by atoms with Crippen molar-refractivity contribution in [3.8, 4) is 5.75 Å². The second kappa shape index (κ2) is 7.28. The van der Waals surface area contributed by atoms with Gasteiger partial charge in [-0.05, 0) is 57.2 Å². The monoisotopic (exact) mass is 334 g/mol. The van der Waals surface area contributed by atoms with Crippen LogP contribution in [0, 0.1) is 5.82 Å². The Bertz CT molecular complexity index is 562. The van der Waals surface area contributed by atoms with Gasteiger partial charge in [0.15, 0.2) is 0 Å². The second-order valence-corrected chi connectivity index (χ2v) is 7.28. The fourth-order valence-corrected chi connectivity index (χ4v) is 4.27. The lowest BCUT2D eigenvalue weighted by molar-refractivity contribution is 0.0681. The van der Waals surface area contributed by atoms with Gasteiger partial charge >= 0.3 is 0 Å². The molecule has 3 atom stereocenters. The molecule has 5 heteroatoms. The van der Waals surface area contributed by atoms with Gasteiger partial charge in [-0.15, -0.1) is 0 Å². The zero-order chi connectivity index (χ0) is 16.4. The first-order valence-electron chi connectivity index (χ1n) is 9.32. The lowest BCUT2D eigenvalue weighted by Crippen LogP contribution is -2.42. The maximum Gasteiger partial charge on any atom is 0.142 e. The average molecular weight is 334 g/mol. The van der Waals surface area contributed by atoms with Crippen molar-refractivity contribution in [2.75, 3.05) is 31.6 Å². The summed E-state index contributed by atoms with van der Waals surface area (Å²) < 4.78 is 25.3. The van der Waals surface area contributed by atoms with Crippen LogP contribution in [0.4, 0.5) is 10.1 Å². The normalized spacial score (nSPS) is 30.3. The van der Waals surface area contributed by atoms with Crippen LogP contribution in [0.25, 0.3) is 0 Å². The number of piperidine rings is 1. The minimum absolute atomic E-state index is 0.171. The first-order valence-corrected chi connectivity index (χ1v) is 9.32. The third-order valence-electron chi connectivity index (χ3n) is 5.57. The number of benzene rings is 1. The molecule has 3 aliphatic heterocycles. The highest BCUT2D eigenvalue weighted by molar-refractivity contribution is 5.57. The zero-order valence-electron chi connectivity index (χ0n) is 14.2. The molecule has 0 saturated carbocycles. The smallest absolute Gasteiger partial charge is 0.142 e. The first-order chi connectivity index (χ1) is 11.8. The molecule has 4 nitrogen and oxygen atoms in total. The Morgan fingerprint density at radius 1 is 1.21 bits per heavy atom. The van der Waals surface area contributed by atoms with Crippen LogP contribution in [0.15, 0.2) is 18.2 Å². The summed E-state index contributed by atoms with van der Waals surface area (Å²) in [5.41, 5.74) is 0.782. The number of ether oxygens (including phenoxy) is 2. The topological polar surface area (TPSA) is 33.7 Å². The van der Waals surface area contributed by atoms with E-state index in [1.54, 1.807) is 12.1 Å². The van der Waals surface area contributed by atoms with Crippen molar-refractivity contribution in [1.82, 2.24) is 4.90 Å². The van der Waals surface area contributed by atoms with Crippen molar-refractivity contribution in [2.45, 2.75) is 56.7 Å². The van der Waals surface area contributed by atoms with Gasteiger partial charge in [0.25, 0.3) is 0 Å². The molecule has 3 saturated heterocycles. The van der Waals surface area contributed by atoms with Gasteiger partial charge < -0.3 is 19.7 Å². The van der Waals surface area contributed by atoms with E-state index in [0.29, 0.717) is 18.7 Å². The third-order valence-corrected chi connectivity index (χ3v) is 5.57. The van der Waals surface area contributed by atoms with E-state index in [4.69, 9.17) is 9.47 Å². The van der Waals surface area contributed by atoms with Crippen LogP contribution < -0.4 is 10.1 Å². The Morgan fingerprint density at radius 3 is 3.04 bits per heavy atom. The Hall–Kier alpha value is -1.33. The number of halogens is 1. The van der Waals surface area contributed by atoms with Gasteiger partial charge in [-0.2, -0.15) is 0 Å². The molecule has 1 N–H and O–H groups in total. The highest BCUT2D eigenvalue weighted by Crippen LogP contribution is 2.32. The van der Waals surface area contributed by atoms with Crippen molar-refractivity contribution in [3.05, 3.63) is 24.0 Å². The van der Waals surface area contributed by atoms with Crippen LogP contribution in [-0.2, 0) is 4.74 Å². The average Bonchev–Trinajstić information content (AvgIpc) is 3.25. The van der Waals surface area contributed by atoms with Crippen LogP contribution >= 0.6 is 0 Å². The molecule has 1 aromatic rings. The van der Waals surface area contributed by atoms with E-state index in [0.717, 1.165) is 50.3 Å². The molecule has 0 aliphatic carbocycles. The third kappa shape index (κ3) is 3.67. The predicted octanol–water partition coefficient (Wildman–Crippen LogP) is 3.42. The van der Waals surface area contributed by atoms with Crippen LogP contribution in [0.5, 0.6) is 5.75 Å². The largest absolute Gasteiger partial charge is 0.489 e. The Balaban J connectivity index is 1.40. The van der Waals surface area contributed by atoms with E-state index in [1.807, 2.05) is 0 Å². The van der Waals surface area contributed by atoms with Crippen molar-refractivity contribution >= 4 is 5.69 Å². The molecule has 0 amide bonds. The molecular weight excluding hydrogens is 307 g/mol. The Kier molecular flexibility index (Phi) is 4.90. The molecular formula is C19H27FN2O2. The van der Waals surface area contributed by atoms with Crippen molar-refractivity contribution in [1.29, 1.82) is 0 Å². The number of hydrogen-bond acceptors (Lipinski definition) is 4. The number of fused-ring (bicyclic) bond motifs is 1. The van der Waals surface area contributed by atoms with Gasteiger partial charge in [0.05, 0.1) is 11.8 Å². The summed E-state index contributed by atoms with van der Waals surface area (Å²) >= 11 is 0. The van der Waals surface area contributed by atoms with E-state index in [2.05, 4.69) is 10.2 Å². The van der Waals surface area contributed by atoms with E-state index >= 15 is 0 Å². The van der Waals surface area contributed by atoms with Crippen LogP contribution in [0.1, 0.15) is 38.5 Å². The molecule has 3 heterocycles. The summed E-state index contributed by atoms with van der Waals surface area (Å²) in [5.74, 6) is 0.515. The summed E-state index contributed by atoms with van der Waals surface area (Å²) in [6.07, 6.45) is 7.17. The summed E-state index contributed by atoms with van der Waals surface area (Å²) in [6.45, 7) is 3.75. The molecule has 3 fully saturated rings. The van der Waals surface area contributed by atoms with E-state index in [9.17, 15) is 4.39 Å². The molecule has 132 valence electrons. The second-order valence-electron chi connectivity index (χ2n) is 7.28. The molecule has 3 aliphatic rings. The Morgan fingerprint density at radius 2 is 2.17 bits per heavy atom. The van der Waals surface area contributed by atoms with Crippen LogP contribution in [0.3, 0.4) is 0 Å². The van der Waals surface area contributed by atoms with Crippen molar-refractivity contribution < 1.29 is 13.9 Å². The molecule has 1 aromatic carbocycles. The van der Waals surface area contributed by atoms with Crippen molar-refractivity contribution in [3.63, 3.8) is 0 Å². The highest BCUT2D eigenvalue weighted by atomic mass is 19.1. The van der Waals surface area contributed by atoms with Gasteiger partial charge in [0, 0.05) is 31.3 Å². The van der Waals surface area contributed by atoms with E-state index < -0.39 is 0 Å². The fraction of sp³-hybridized carbons (Fsp3) is 0.684. The predicted molar refractivity (Wildman–Crippen MR) is 92.1 cm³/mol. The maximum atomic E-state index is 13.7. The van der Waals surface area contributed by atoms with E-state index in [-0.39, 0.29) is 11.9 Å². The van der Waals surface area contributed by atoms with Gasteiger partial charge in [-0.25, -0.2) is 4.39 Å². The number of nitrogens with zero attached hydrogens (tertiary/aromatic N) is 1. The molecule has 4 rings (SSSR count). The quantitative estimate of drug-likeness (QED) is 0.895. The molecule has 0 spiro atoms. The molecule has 0 radical (unpaired) electrons.